The molecule has 2 rings (SSSR count). The molecule has 0 saturated carbocycles. The number of amides is 1. The van der Waals surface area contributed by atoms with E-state index < -0.39 is 5.91 Å². The summed E-state index contributed by atoms with van der Waals surface area (Å²) in [6, 6.07) is 4.86. The first-order chi connectivity index (χ1) is 8.06. The lowest BCUT2D eigenvalue weighted by Gasteiger charge is -2.04. The van der Waals surface area contributed by atoms with Crippen molar-refractivity contribution in [3.63, 3.8) is 0 Å². The van der Waals surface area contributed by atoms with E-state index in [4.69, 9.17) is 11.5 Å². The van der Waals surface area contributed by atoms with E-state index >= 15 is 0 Å². The van der Waals surface area contributed by atoms with Crippen LogP contribution in [0.1, 0.15) is 16.2 Å². The summed E-state index contributed by atoms with van der Waals surface area (Å²) >= 11 is 1.28. The second kappa shape index (κ2) is 4.46. The van der Waals surface area contributed by atoms with Crippen molar-refractivity contribution < 1.29 is 4.79 Å². The zero-order chi connectivity index (χ0) is 12.4. The number of primary amides is 1. The van der Waals surface area contributed by atoms with Gasteiger partial charge in [-0.1, -0.05) is 0 Å². The molecular formula is C10H11N5OS. The number of anilines is 1. The Morgan fingerprint density at radius 1 is 1.47 bits per heavy atom. The molecule has 0 radical (unpaired) electrons. The first-order valence-electron chi connectivity index (χ1n) is 4.82. The normalized spacial score (nSPS) is 10.4. The Bertz CT molecular complexity index is 566. The molecule has 6 nitrogen and oxygen atoms in total. The molecule has 88 valence electrons. The number of nitrogens with one attached hydrogen (secondary N) is 1. The van der Waals surface area contributed by atoms with Gasteiger partial charge in [0.15, 0.2) is 0 Å². The predicted molar refractivity (Wildman–Crippen MR) is 64.6 cm³/mol. The fourth-order valence-corrected chi connectivity index (χ4v) is 2.08. The molecule has 0 fully saturated rings. The van der Waals surface area contributed by atoms with Crippen molar-refractivity contribution in [2.75, 3.05) is 5.73 Å². The van der Waals surface area contributed by atoms with Gasteiger partial charge in [0.2, 0.25) is 11.1 Å². The van der Waals surface area contributed by atoms with Crippen LogP contribution in [0.25, 0.3) is 0 Å². The Kier molecular flexibility index (Phi) is 3.01. The van der Waals surface area contributed by atoms with Gasteiger partial charge in [0.25, 0.3) is 0 Å². The summed E-state index contributed by atoms with van der Waals surface area (Å²) < 4.78 is 0. The van der Waals surface area contributed by atoms with Gasteiger partial charge in [0.05, 0.1) is 0 Å². The average molecular weight is 249 g/mol. The third kappa shape index (κ3) is 2.56. The highest BCUT2D eigenvalue weighted by Crippen LogP contribution is 2.30. The molecule has 1 amide bonds. The summed E-state index contributed by atoms with van der Waals surface area (Å²) in [7, 11) is 0. The molecule has 5 N–H and O–H groups in total. The van der Waals surface area contributed by atoms with Crippen molar-refractivity contribution in [3.05, 3.63) is 29.6 Å². The summed E-state index contributed by atoms with van der Waals surface area (Å²) in [6.07, 6.45) is 0. The van der Waals surface area contributed by atoms with Gasteiger partial charge in [-0.25, -0.2) is 4.98 Å². The van der Waals surface area contributed by atoms with Crippen LogP contribution in [-0.2, 0) is 0 Å². The summed E-state index contributed by atoms with van der Waals surface area (Å²) in [6.45, 7) is 1.81. The lowest BCUT2D eigenvalue weighted by molar-refractivity contribution is 0.1000. The molecule has 1 heterocycles. The molecule has 0 saturated heterocycles. The highest BCUT2D eigenvalue weighted by Gasteiger charge is 2.09. The number of aryl methyl sites for hydroxylation is 1. The second-order valence-electron chi connectivity index (χ2n) is 3.42. The maximum Gasteiger partial charge on any atom is 0.248 e. The van der Waals surface area contributed by atoms with E-state index in [2.05, 4.69) is 15.2 Å². The van der Waals surface area contributed by atoms with Gasteiger partial charge in [0, 0.05) is 16.1 Å². The van der Waals surface area contributed by atoms with Crippen LogP contribution in [0.5, 0.6) is 0 Å². The third-order valence-electron chi connectivity index (χ3n) is 2.08. The molecule has 17 heavy (non-hydrogen) atoms. The van der Waals surface area contributed by atoms with E-state index in [1.165, 1.54) is 11.8 Å². The zero-order valence-corrected chi connectivity index (χ0v) is 9.91. The van der Waals surface area contributed by atoms with Crippen LogP contribution < -0.4 is 11.5 Å². The Morgan fingerprint density at radius 2 is 2.24 bits per heavy atom. The van der Waals surface area contributed by atoms with Crippen molar-refractivity contribution in [2.45, 2.75) is 17.0 Å². The number of hydrogen-bond donors (Lipinski definition) is 3. The molecular weight excluding hydrogens is 238 g/mol. The maximum atomic E-state index is 11.1. The minimum absolute atomic E-state index is 0.411. The van der Waals surface area contributed by atoms with Crippen molar-refractivity contribution in [2.24, 2.45) is 5.73 Å². The first-order valence-corrected chi connectivity index (χ1v) is 5.64. The first kappa shape index (κ1) is 11.5. The number of rotatable bonds is 3. The van der Waals surface area contributed by atoms with Gasteiger partial charge < -0.3 is 11.5 Å². The van der Waals surface area contributed by atoms with Crippen LogP contribution in [0, 0.1) is 6.92 Å². The smallest absolute Gasteiger partial charge is 0.248 e. The van der Waals surface area contributed by atoms with Crippen LogP contribution >= 0.6 is 11.8 Å². The second-order valence-corrected chi connectivity index (χ2v) is 4.43. The highest BCUT2D eigenvalue weighted by atomic mass is 32.2. The quantitative estimate of drug-likeness (QED) is 0.701. The number of carbonyl (C=O) groups excluding carboxylic acids is 1. The minimum atomic E-state index is -0.488. The van der Waals surface area contributed by atoms with E-state index in [-0.39, 0.29) is 0 Å². The number of H-pyrrole nitrogens is 1. The number of nitrogen functional groups attached to an aromatic ring is 1. The number of hydrogen-bond acceptors (Lipinski definition) is 5. The van der Waals surface area contributed by atoms with Gasteiger partial charge in [-0.2, -0.15) is 0 Å². The van der Waals surface area contributed by atoms with Gasteiger partial charge >= 0.3 is 0 Å². The number of nitrogens with zero attached hydrogens (tertiary/aromatic N) is 2. The van der Waals surface area contributed by atoms with Crippen molar-refractivity contribution >= 4 is 23.4 Å². The molecule has 1 aromatic heterocycles. The molecule has 0 atom stereocenters. The van der Waals surface area contributed by atoms with Crippen molar-refractivity contribution in [3.8, 4) is 0 Å². The third-order valence-corrected chi connectivity index (χ3v) is 3.01. The fraction of sp³-hybridized carbons (Fsp3) is 0.100. The number of aromatic amines is 1. The van der Waals surface area contributed by atoms with Crippen molar-refractivity contribution in [1.82, 2.24) is 15.2 Å². The lowest BCUT2D eigenvalue weighted by atomic mass is 10.2. The summed E-state index contributed by atoms with van der Waals surface area (Å²) in [5.41, 5.74) is 12.0. The molecule has 0 aliphatic heterocycles. The van der Waals surface area contributed by atoms with Crippen LogP contribution in [0.3, 0.4) is 0 Å². The van der Waals surface area contributed by atoms with Crippen LogP contribution in [-0.4, -0.2) is 21.1 Å². The topological polar surface area (TPSA) is 111 Å². The van der Waals surface area contributed by atoms with E-state index in [9.17, 15) is 4.79 Å². The van der Waals surface area contributed by atoms with Gasteiger partial charge in [-0.15, -0.1) is 5.10 Å². The van der Waals surface area contributed by atoms with E-state index in [1.54, 1.807) is 25.1 Å². The molecule has 0 bridgehead atoms. The number of benzene rings is 1. The molecule has 0 aliphatic carbocycles. The average Bonchev–Trinajstić information content (AvgIpc) is 2.67. The predicted octanol–water partition coefficient (Wildman–Crippen LogP) is 0.945. The van der Waals surface area contributed by atoms with Gasteiger partial charge in [-0.3, -0.25) is 9.89 Å². The lowest BCUT2D eigenvalue weighted by Crippen LogP contribution is -2.11. The van der Waals surface area contributed by atoms with E-state index in [0.29, 0.717) is 21.3 Å². The highest BCUT2D eigenvalue weighted by molar-refractivity contribution is 7.99. The standard InChI is InChI=1S/C10H11N5OS/c1-5-13-10(15-14-5)17-8-4-6(9(12)16)2-3-7(8)11/h2-4H,11H2,1H3,(H2,12,16)(H,13,14,15). The molecule has 2 aromatic rings. The molecule has 7 heteroatoms. The zero-order valence-electron chi connectivity index (χ0n) is 9.10. The fourth-order valence-electron chi connectivity index (χ4n) is 1.24. The largest absolute Gasteiger partial charge is 0.398 e. The van der Waals surface area contributed by atoms with E-state index in [0.717, 1.165) is 5.82 Å². The maximum absolute atomic E-state index is 11.1. The number of aromatic nitrogens is 3. The summed E-state index contributed by atoms with van der Waals surface area (Å²) in [4.78, 5) is 15.9. The minimum Gasteiger partial charge on any atom is -0.398 e. The molecule has 0 spiro atoms. The van der Waals surface area contributed by atoms with Crippen LogP contribution in [0.2, 0.25) is 0 Å². The number of carbonyl (C=O) groups is 1. The molecule has 0 unspecified atom stereocenters. The number of nitrogens with two attached hydrogens (primary N) is 2. The summed E-state index contributed by atoms with van der Waals surface area (Å²) in [5.74, 6) is 0.232. The molecule has 1 aromatic carbocycles. The van der Waals surface area contributed by atoms with E-state index in [1.807, 2.05) is 0 Å². The van der Waals surface area contributed by atoms with Gasteiger partial charge in [-0.05, 0) is 36.9 Å². The SMILES string of the molecule is Cc1nc(Sc2cc(C(N)=O)ccc2N)n[nH]1. The monoisotopic (exact) mass is 249 g/mol. The Hall–Kier alpha value is -2.02. The summed E-state index contributed by atoms with van der Waals surface area (Å²) in [5, 5.41) is 7.26. The Morgan fingerprint density at radius 3 is 2.82 bits per heavy atom. The van der Waals surface area contributed by atoms with Crippen LogP contribution in [0.15, 0.2) is 28.3 Å². The molecule has 0 aliphatic rings. The Balaban J connectivity index is 2.31. The van der Waals surface area contributed by atoms with Crippen molar-refractivity contribution in [1.29, 1.82) is 0 Å². The van der Waals surface area contributed by atoms with Gasteiger partial charge in [0.1, 0.15) is 5.82 Å². The van der Waals surface area contributed by atoms with Crippen LogP contribution in [0.4, 0.5) is 5.69 Å². The Labute approximate surface area is 102 Å².